The molecule has 188 valence electrons. The van der Waals surface area contributed by atoms with Crippen LogP contribution in [-0.4, -0.2) is 54.8 Å². The van der Waals surface area contributed by atoms with Gasteiger partial charge in [-0.3, -0.25) is 0 Å². The zero-order chi connectivity index (χ0) is 25.7. The Bertz CT molecular complexity index is 1370. The summed E-state index contributed by atoms with van der Waals surface area (Å²) in [5, 5.41) is 9.54. The van der Waals surface area contributed by atoms with E-state index in [0.717, 1.165) is 19.6 Å². The summed E-state index contributed by atoms with van der Waals surface area (Å²) in [4.78, 5) is 29.3. The first-order chi connectivity index (χ1) is 18.1. The molecule has 4 nitrogen and oxygen atoms in total. The number of carbonyl (C=O) groups excluding carboxylic acids is 1. The van der Waals surface area contributed by atoms with Crippen molar-refractivity contribution in [3.8, 4) is 0 Å². The van der Waals surface area contributed by atoms with E-state index >= 15 is 0 Å². The van der Waals surface area contributed by atoms with Crippen LogP contribution in [0.3, 0.4) is 0 Å². The second-order valence-electron chi connectivity index (χ2n) is 8.64. The molecule has 0 atom stereocenters. The Kier molecular flexibility index (Phi) is 8.44. The van der Waals surface area contributed by atoms with Crippen LogP contribution in [0, 0.1) is 0 Å². The zero-order valence-electron chi connectivity index (χ0n) is 20.0. The summed E-state index contributed by atoms with van der Waals surface area (Å²) in [6, 6.07) is 45.4. The molecule has 0 aliphatic carbocycles. The van der Waals surface area contributed by atoms with Crippen LogP contribution in [0.5, 0.6) is 0 Å². The molecule has 0 aliphatic rings. The Morgan fingerprint density at radius 1 is 0.500 bits per heavy atom. The van der Waals surface area contributed by atoms with Gasteiger partial charge in [0.1, 0.15) is 0 Å². The van der Waals surface area contributed by atoms with E-state index in [1.165, 1.54) is 12.1 Å². The molecule has 0 unspecified atom stereocenters. The van der Waals surface area contributed by atoms with Crippen molar-refractivity contribution >= 4 is 59.1 Å². The Hall–Kier alpha value is -3.35. The van der Waals surface area contributed by atoms with Crippen molar-refractivity contribution in [2.75, 3.05) is 0 Å². The monoisotopic (exact) mass is 548 g/mol. The normalized spacial score (nSPS) is 11.8. The van der Waals surface area contributed by atoms with Gasteiger partial charge in [-0.05, 0) is 66.7 Å². The molecule has 0 fully saturated rings. The number of aromatic carboxylic acids is 1. The molecule has 0 saturated heterocycles. The molecule has 0 bridgehead atoms. The minimum atomic E-state index is -4.17. The molecule has 5 aromatic carbocycles. The van der Waals surface area contributed by atoms with Gasteiger partial charge in [-0.25, -0.2) is 9.59 Å². The van der Waals surface area contributed by atoms with E-state index in [4.69, 9.17) is 4.18 Å². The maximum atomic E-state index is 14.2. The van der Waals surface area contributed by atoms with Gasteiger partial charge in [-0.1, -0.05) is 88.3 Å². The van der Waals surface area contributed by atoms with Gasteiger partial charge in [0.25, 0.3) is 0 Å². The summed E-state index contributed by atoms with van der Waals surface area (Å²) in [7, 11) is -4.17. The van der Waals surface area contributed by atoms with Gasteiger partial charge in [0.15, 0.2) is 0 Å². The Morgan fingerprint density at radius 3 is 1.18 bits per heavy atom. The van der Waals surface area contributed by atoms with E-state index in [0.29, 0.717) is 0 Å². The van der Waals surface area contributed by atoms with Gasteiger partial charge >= 0.3 is 49.7 Å². The third-order valence-electron chi connectivity index (χ3n) is 6.61. The number of thiol groups is 1. The summed E-state index contributed by atoms with van der Waals surface area (Å²) in [5.74, 6) is -1.70. The fourth-order valence-electron chi connectivity index (χ4n) is 4.95. The van der Waals surface area contributed by atoms with Crippen molar-refractivity contribution in [2.24, 2.45) is 0 Å². The molecular formula is C32H28CaO4S. The molecule has 0 aliphatic heterocycles. The fraction of sp³-hybridized carbons (Fsp3) is 0. The van der Waals surface area contributed by atoms with Gasteiger partial charge in [-0.15, -0.1) is 0 Å². The average molecular weight is 549 g/mol. The van der Waals surface area contributed by atoms with E-state index < -0.39 is 21.4 Å². The predicted molar refractivity (Wildman–Crippen MR) is 155 cm³/mol. The summed E-state index contributed by atoms with van der Waals surface area (Å²) in [6.45, 7) is 0. The molecule has 1 N–H and O–H groups in total. The quantitative estimate of drug-likeness (QED) is 0.173. The second kappa shape index (κ2) is 11.6. The summed E-state index contributed by atoms with van der Waals surface area (Å²) >= 11 is 0. The summed E-state index contributed by atoms with van der Waals surface area (Å²) in [5.41, 5.74) is 0.196. The molecule has 6 heteroatoms. The molecule has 0 amide bonds. The molecule has 0 heterocycles. The minimum absolute atomic E-state index is 0. The molecule has 0 spiro atoms. The first-order valence-corrected chi connectivity index (χ1v) is 14.0. The average Bonchev–Trinajstić information content (AvgIpc) is 2.98. The van der Waals surface area contributed by atoms with Crippen LogP contribution in [0.15, 0.2) is 165 Å². The van der Waals surface area contributed by atoms with Crippen LogP contribution in [0.1, 0.15) is 20.7 Å². The van der Waals surface area contributed by atoms with E-state index in [1.807, 2.05) is 121 Å². The second-order valence-corrected chi connectivity index (χ2v) is 13.0. The van der Waals surface area contributed by atoms with Crippen LogP contribution in [0.25, 0.3) is 0 Å². The fourth-order valence-corrected chi connectivity index (χ4v) is 10.6. The van der Waals surface area contributed by atoms with Crippen LogP contribution in [0.2, 0.25) is 0 Å². The van der Waals surface area contributed by atoms with Crippen LogP contribution in [-0.2, 0) is 4.18 Å². The number of carboxylic acid groups (broad SMARTS) is 1. The van der Waals surface area contributed by atoms with Crippen molar-refractivity contribution < 1.29 is 18.9 Å². The molecule has 0 aromatic heterocycles. The first kappa shape index (κ1) is 27.7. The van der Waals surface area contributed by atoms with Crippen molar-refractivity contribution in [1.82, 2.24) is 0 Å². The summed E-state index contributed by atoms with van der Waals surface area (Å²) in [6.07, 6.45) is 0. The Balaban J connectivity index is 0.00000336. The molecule has 38 heavy (non-hydrogen) atoms. The number of hydrogen-bond acceptors (Lipinski definition) is 3. The molecule has 5 aromatic rings. The first-order valence-electron chi connectivity index (χ1n) is 11.9. The van der Waals surface area contributed by atoms with Gasteiger partial charge in [0, 0.05) is 19.6 Å². The van der Waals surface area contributed by atoms with Crippen LogP contribution >= 0.6 is 9.44 Å². The number of carbonyl (C=O) groups is 2. The SMILES string of the molecule is O=C(O)c1cccc(C(=O)O[SH](c2ccccc2)(c2ccccc2)(c2ccccc2)c2ccccc2)c1.[CaH2]. The van der Waals surface area contributed by atoms with Gasteiger partial charge in [0.05, 0.1) is 11.1 Å². The zero-order valence-corrected chi connectivity index (χ0v) is 20.9. The number of rotatable bonds is 7. The van der Waals surface area contributed by atoms with Crippen molar-refractivity contribution in [1.29, 1.82) is 0 Å². The van der Waals surface area contributed by atoms with Gasteiger partial charge in [-0.2, -0.15) is 0 Å². The molecule has 0 saturated carbocycles. The summed E-state index contributed by atoms with van der Waals surface area (Å²) < 4.78 is 6.99. The number of carboxylic acids is 1. The molecular weight excluding hydrogens is 520 g/mol. The van der Waals surface area contributed by atoms with Gasteiger partial charge < -0.3 is 9.29 Å². The topological polar surface area (TPSA) is 63.6 Å². The van der Waals surface area contributed by atoms with Crippen LogP contribution < -0.4 is 0 Å². The van der Waals surface area contributed by atoms with Crippen molar-refractivity contribution in [3.05, 3.63) is 157 Å². The standard InChI is InChI=1S/C32H26O4S.Ca.2H/c33-31(34)25-14-13-15-26(24-25)32(35)36-37(27-16-5-1-6-17-27,28-18-7-2-8-19-28,29-20-9-3-10-21-29)30-22-11-4-12-23-30;;;/h1-24,37H,(H,33,34);;;. The van der Waals surface area contributed by atoms with E-state index in [9.17, 15) is 14.7 Å². The number of hydrogen-bond donors (Lipinski definition) is 2. The van der Waals surface area contributed by atoms with E-state index in [1.54, 1.807) is 12.1 Å². The van der Waals surface area contributed by atoms with E-state index in [2.05, 4.69) is 0 Å². The number of benzene rings is 5. The third-order valence-corrected chi connectivity index (χ3v) is 12.3. The van der Waals surface area contributed by atoms with Gasteiger partial charge in [0.2, 0.25) is 0 Å². The Labute approximate surface area is 252 Å². The third kappa shape index (κ3) is 4.56. The van der Waals surface area contributed by atoms with Crippen molar-refractivity contribution in [3.63, 3.8) is 0 Å². The van der Waals surface area contributed by atoms with Crippen LogP contribution in [0.4, 0.5) is 0 Å². The predicted octanol–water partition coefficient (Wildman–Crippen LogP) is 6.85. The maximum absolute atomic E-state index is 14.2. The Morgan fingerprint density at radius 2 is 0.842 bits per heavy atom. The van der Waals surface area contributed by atoms with E-state index in [-0.39, 0.29) is 48.9 Å². The van der Waals surface area contributed by atoms with Crippen molar-refractivity contribution in [2.45, 2.75) is 19.6 Å². The molecule has 5 rings (SSSR count). The molecule has 0 radical (unpaired) electrons.